The van der Waals surface area contributed by atoms with Gasteiger partial charge < -0.3 is 15.4 Å². The number of amides is 2. The van der Waals surface area contributed by atoms with Gasteiger partial charge in [-0.05, 0) is 45.4 Å². The molecule has 0 aliphatic heterocycles. The Morgan fingerprint density at radius 3 is 2.64 bits per heavy atom. The molecule has 0 fully saturated rings. The van der Waals surface area contributed by atoms with Crippen molar-refractivity contribution in [1.29, 1.82) is 0 Å². The summed E-state index contributed by atoms with van der Waals surface area (Å²) in [6, 6.07) is 9.27. The van der Waals surface area contributed by atoms with Gasteiger partial charge in [0.2, 0.25) is 5.91 Å². The van der Waals surface area contributed by atoms with E-state index in [9.17, 15) is 9.59 Å². The van der Waals surface area contributed by atoms with Crippen molar-refractivity contribution in [2.24, 2.45) is 0 Å². The number of para-hydroxylation sites is 2. The number of benzene rings is 1. The molecule has 0 aliphatic rings. The van der Waals surface area contributed by atoms with Gasteiger partial charge >= 0.3 is 6.09 Å². The van der Waals surface area contributed by atoms with Crippen LogP contribution in [-0.2, 0) is 9.53 Å². The molecule has 134 valence electrons. The highest BCUT2D eigenvalue weighted by molar-refractivity contribution is 5.92. The van der Waals surface area contributed by atoms with Gasteiger partial charge in [0.1, 0.15) is 5.60 Å². The first-order chi connectivity index (χ1) is 11.8. The number of ether oxygens (including phenoxy) is 1. The number of carbonyl (C=O) groups excluding carboxylic acids is 2. The predicted octanol–water partition coefficient (Wildman–Crippen LogP) is 3.12. The first kappa shape index (κ1) is 18.5. The zero-order valence-electron chi connectivity index (χ0n) is 14.8. The number of nitrogens with one attached hydrogen (secondary N) is 2. The molecular weight excluding hydrogens is 320 g/mol. The molecule has 1 heterocycles. The molecule has 1 aromatic carbocycles. The topological polar surface area (TPSA) is 85.2 Å². The fourth-order valence-corrected chi connectivity index (χ4v) is 2.16. The second-order valence-electron chi connectivity index (χ2n) is 6.55. The van der Waals surface area contributed by atoms with E-state index in [1.54, 1.807) is 31.6 Å². The van der Waals surface area contributed by atoms with Crippen molar-refractivity contribution >= 4 is 17.7 Å². The molecule has 0 saturated carbocycles. The molecule has 0 unspecified atom stereocenters. The fraction of sp³-hybridized carbons (Fsp3) is 0.389. The maximum Gasteiger partial charge on any atom is 0.407 e. The quantitative estimate of drug-likeness (QED) is 0.789. The van der Waals surface area contributed by atoms with Crippen LogP contribution in [0.25, 0.3) is 5.69 Å². The van der Waals surface area contributed by atoms with Gasteiger partial charge in [-0.1, -0.05) is 12.1 Å². The molecule has 0 aliphatic carbocycles. The van der Waals surface area contributed by atoms with Crippen molar-refractivity contribution < 1.29 is 14.3 Å². The molecule has 7 heteroatoms. The van der Waals surface area contributed by atoms with Crippen LogP contribution in [0, 0.1) is 0 Å². The highest BCUT2D eigenvalue weighted by atomic mass is 16.6. The molecule has 1 aromatic heterocycles. The summed E-state index contributed by atoms with van der Waals surface area (Å²) in [6.07, 6.45) is 3.84. The Morgan fingerprint density at radius 2 is 1.96 bits per heavy atom. The summed E-state index contributed by atoms with van der Waals surface area (Å²) in [7, 11) is 0. The molecule has 0 spiro atoms. The number of aromatic nitrogens is 2. The van der Waals surface area contributed by atoms with E-state index in [1.807, 2.05) is 36.5 Å². The van der Waals surface area contributed by atoms with E-state index in [4.69, 9.17) is 4.74 Å². The van der Waals surface area contributed by atoms with Crippen LogP contribution < -0.4 is 10.6 Å². The zero-order valence-corrected chi connectivity index (χ0v) is 14.8. The van der Waals surface area contributed by atoms with Crippen LogP contribution in [0.15, 0.2) is 42.7 Å². The molecule has 2 amide bonds. The van der Waals surface area contributed by atoms with Gasteiger partial charge in [0.25, 0.3) is 0 Å². The highest BCUT2D eigenvalue weighted by Gasteiger charge is 2.15. The maximum absolute atomic E-state index is 12.1. The van der Waals surface area contributed by atoms with Crippen molar-refractivity contribution in [3.63, 3.8) is 0 Å². The molecule has 0 saturated heterocycles. The van der Waals surface area contributed by atoms with Crippen LogP contribution in [0.4, 0.5) is 10.5 Å². The van der Waals surface area contributed by atoms with Crippen LogP contribution in [-0.4, -0.2) is 33.9 Å². The number of anilines is 1. The van der Waals surface area contributed by atoms with Crippen LogP contribution in [0.1, 0.15) is 33.6 Å². The number of nitrogens with zero attached hydrogens (tertiary/aromatic N) is 2. The maximum atomic E-state index is 12.1. The fourth-order valence-electron chi connectivity index (χ4n) is 2.16. The molecule has 25 heavy (non-hydrogen) atoms. The Kier molecular flexibility index (Phi) is 6.16. The summed E-state index contributed by atoms with van der Waals surface area (Å²) >= 11 is 0. The van der Waals surface area contributed by atoms with Crippen molar-refractivity contribution in [2.45, 2.75) is 39.2 Å². The van der Waals surface area contributed by atoms with Crippen molar-refractivity contribution in [1.82, 2.24) is 15.1 Å². The standard InChI is InChI=1S/C18H24N4O3/c1-18(2,3)25-17(24)19-11-6-10-16(23)21-14-8-4-5-9-15(14)22-13-7-12-20-22/h4-5,7-9,12-13H,6,10-11H2,1-3H3,(H,19,24)(H,21,23). The lowest BCUT2D eigenvalue weighted by molar-refractivity contribution is -0.116. The summed E-state index contributed by atoms with van der Waals surface area (Å²) in [4.78, 5) is 23.6. The van der Waals surface area contributed by atoms with E-state index < -0.39 is 11.7 Å². The Bertz CT molecular complexity index is 705. The number of hydrogen-bond donors (Lipinski definition) is 2. The van der Waals surface area contributed by atoms with E-state index in [0.717, 1.165) is 5.69 Å². The summed E-state index contributed by atoms with van der Waals surface area (Å²) in [5, 5.41) is 9.70. The molecule has 0 bridgehead atoms. The van der Waals surface area contributed by atoms with Crippen LogP contribution >= 0.6 is 0 Å². The number of carbonyl (C=O) groups is 2. The SMILES string of the molecule is CC(C)(C)OC(=O)NCCCC(=O)Nc1ccccc1-n1cccn1. The minimum absolute atomic E-state index is 0.120. The first-order valence-electron chi connectivity index (χ1n) is 8.21. The van der Waals surface area contributed by atoms with E-state index in [0.29, 0.717) is 25.1 Å². The van der Waals surface area contributed by atoms with E-state index in [2.05, 4.69) is 15.7 Å². The molecule has 0 radical (unpaired) electrons. The smallest absolute Gasteiger partial charge is 0.407 e. The van der Waals surface area contributed by atoms with Crippen LogP contribution in [0.5, 0.6) is 0 Å². The Labute approximate surface area is 147 Å². The van der Waals surface area contributed by atoms with E-state index in [-0.39, 0.29) is 5.91 Å². The Morgan fingerprint density at radius 1 is 1.20 bits per heavy atom. The van der Waals surface area contributed by atoms with Gasteiger partial charge in [0, 0.05) is 25.4 Å². The lowest BCUT2D eigenvalue weighted by atomic mass is 10.2. The molecule has 2 rings (SSSR count). The average molecular weight is 344 g/mol. The van der Waals surface area contributed by atoms with Gasteiger partial charge in [-0.25, -0.2) is 9.48 Å². The van der Waals surface area contributed by atoms with Crippen molar-refractivity contribution in [2.75, 3.05) is 11.9 Å². The predicted molar refractivity (Wildman–Crippen MR) is 95.7 cm³/mol. The summed E-state index contributed by atoms with van der Waals surface area (Å²) in [5.74, 6) is -0.120. The monoisotopic (exact) mass is 344 g/mol. The molecule has 2 aromatic rings. The minimum Gasteiger partial charge on any atom is -0.444 e. The summed E-state index contributed by atoms with van der Waals surface area (Å²) in [6.45, 7) is 5.79. The summed E-state index contributed by atoms with van der Waals surface area (Å²) < 4.78 is 6.83. The van der Waals surface area contributed by atoms with Gasteiger partial charge in [-0.15, -0.1) is 0 Å². The second-order valence-corrected chi connectivity index (χ2v) is 6.55. The highest BCUT2D eigenvalue weighted by Crippen LogP contribution is 2.19. The molecule has 2 N–H and O–H groups in total. The molecule has 7 nitrogen and oxygen atoms in total. The Hall–Kier alpha value is -2.83. The largest absolute Gasteiger partial charge is 0.444 e. The van der Waals surface area contributed by atoms with Crippen molar-refractivity contribution in [3.8, 4) is 5.69 Å². The molecular formula is C18H24N4O3. The average Bonchev–Trinajstić information content (AvgIpc) is 3.04. The third kappa shape index (κ3) is 6.29. The lowest BCUT2D eigenvalue weighted by Gasteiger charge is -2.19. The lowest BCUT2D eigenvalue weighted by Crippen LogP contribution is -2.33. The number of hydrogen-bond acceptors (Lipinski definition) is 4. The van der Waals surface area contributed by atoms with Gasteiger partial charge in [0.05, 0.1) is 11.4 Å². The number of rotatable bonds is 6. The third-order valence-electron chi connectivity index (χ3n) is 3.18. The van der Waals surface area contributed by atoms with Crippen LogP contribution in [0.2, 0.25) is 0 Å². The van der Waals surface area contributed by atoms with E-state index in [1.165, 1.54) is 0 Å². The normalized spacial score (nSPS) is 11.0. The van der Waals surface area contributed by atoms with E-state index >= 15 is 0 Å². The summed E-state index contributed by atoms with van der Waals surface area (Å²) in [5.41, 5.74) is 0.960. The minimum atomic E-state index is -0.530. The van der Waals surface area contributed by atoms with Gasteiger partial charge in [-0.2, -0.15) is 5.10 Å². The van der Waals surface area contributed by atoms with Crippen LogP contribution in [0.3, 0.4) is 0 Å². The third-order valence-corrected chi connectivity index (χ3v) is 3.18. The van der Waals surface area contributed by atoms with Crippen molar-refractivity contribution in [3.05, 3.63) is 42.7 Å². The van der Waals surface area contributed by atoms with Gasteiger partial charge in [-0.3, -0.25) is 4.79 Å². The number of alkyl carbamates (subject to hydrolysis) is 1. The van der Waals surface area contributed by atoms with Gasteiger partial charge in [0.15, 0.2) is 0 Å². The molecule has 0 atom stereocenters. The first-order valence-corrected chi connectivity index (χ1v) is 8.21. The second kappa shape index (κ2) is 8.32. The Balaban J connectivity index is 1.79. The zero-order chi connectivity index (χ0) is 18.3.